The minimum absolute atomic E-state index is 0.103. The molecule has 1 aromatic carbocycles. The van der Waals surface area contributed by atoms with Crippen LogP contribution in [0.5, 0.6) is 0 Å². The van der Waals surface area contributed by atoms with E-state index in [-0.39, 0.29) is 17.5 Å². The van der Waals surface area contributed by atoms with Crippen molar-refractivity contribution >= 4 is 10.0 Å². The molecule has 0 aromatic heterocycles. The Hall–Kier alpha value is -1.05. The van der Waals surface area contributed by atoms with Gasteiger partial charge in [-0.2, -0.15) is 4.31 Å². The lowest BCUT2D eigenvalue weighted by Crippen LogP contribution is -2.34. The summed E-state index contributed by atoms with van der Waals surface area (Å²) in [5.74, 6) is -1.82. The van der Waals surface area contributed by atoms with E-state index in [1.807, 2.05) is 6.92 Å². The zero-order chi connectivity index (χ0) is 15.1. The van der Waals surface area contributed by atoms with Crippen LogP contribution in [-0.2, 0) is 10.0 Å². The van der Waals surface area contributed by atoms with Crippen LogP contribution < -0.4 is 5.73 Å². The van der Waals surface area contributed by atoms with E-state index < -0.39 is 26.6 Å². The molecule has 1 unspecified atom stereocenters. The second-order valence-corrected chi connectivity index (χ2v) is 7.54. The van der Waals surface area contributed by atoms with Gasteiger partial charge in [0.1, 0.15) is 16.5 Å². The molecule has 7 heteroatoms. The maximum Gasteiger partial charge on any atom is 0.246 e. The van der Waals surface area contributed by atoms with E-state index in [0.29, 0.717) is 25.6 Å². The van der Waals surface area contributed by atoms with E-state index in [9.17, 15) is 17.2 Å². The molecule has 0 amide bonds. The van der Waals surface area contributed by atoms with Crippen molar-refractivity contribution in [1.29, 1.82) is 0 Å². The molecule has 1 aliphatic rings. The molecule has 20 heavy (non-hydrogen) atoms. The number of benzene rings is 1. The SMILES string of the molecule is Cc1cc(S(=O)(=O)N2CCC(C)(CN)C2)c(F)cc1F. The Kier molecular flexibility index (Phi) is 3.88. The van der Waals surface area contributed by atoms with Gasteiger partial charge in [0.2, 0.25) is 10.0 Å². The topological polar surface area (TPSA) is 63.4 Å². The summed E-state index contributed by atoms with van der Waals surface area (Å²) >= 11 is 0. The maximum absolute atomic E-state index is 13.8. The zero-order valence-electron chi connectivity index (χ0n) is 11.5. The van der Waals surface area contributed by atoms with Crippen LogP contribution in [-0.4, -0.2) is 32.4 Å². The van der Waals surface area contributed by atoms with Gasteiger partial charge < -0.3 is 5.73 Å². The second kappa shape index (κ2) is 5.05. The summed E-state index contributed by atoms with van der Waals surface area (Å²) in [5.41, 5.74) is 5.45. The highest BCUT2D eigenvalue weighted by atomic mass is 32.2. The summed E-state index contributed by atoms with van der Waals surface area (Å²) in [7, 11) is -3.95. The van der Waals surface area contributed by atoms with Gasteiger partial charge in [-0.25, -0.2) is 17.2 Å². The largest absolute Gasteiger partial charge is 0.330 e. The summed E-state index contributed by atoms with van der Waals surface area (Å²) in [6.45, 7) is 4.22. The van der Waals surface area contributed by atoms with Crippen molar-refractivity contribution in [2.24, 2.45) is 11.1 Å². The molecule has 1 aromatic rings. The molecule has 4 nitrogen and oxygen atoms in total. The Morgan fingerprint density at radius 2 is 2.00 bits per heavy atom. The van der Waals surface area contributed by atoms with Crippen LogP contribution in [0.15, 0.2) is 17.0 Å². The van der Waals surface area contributed by atoms with Gasteiger partial charge in [-0.3, -0.25) is 0 Å². The lowest BCUT2D eigenvalue weighted by molar-refractivity contribution is 0.349. The first-order valence-electron chi connectivity index (χ1n) is 6.35. The first-order valence-corrected chi connectivity index (χ1v) is 7.79. The van der Waals surface area contributed by atoms with Crippen molar-refractivity contribution in [2.75, 3.05) is 19.6 Å². The van der Waals surface area contributed by atoms with Gasteiger partial charge in [-0.15, -0.1) is 0 Å². The third-order valence-corrected chi connectivity index (χ3v) is 5.71. The first kappa shape index (κ1) is 15.3. The van der Waals surface area contributed by atoms with Crippen molar-refractivity contribution in [3.05, 3.63) is 29.3 Å². The smallest absolute Gasteiger partial charge is 0.246 e. The molecule has 0 aliphatic carbocycles. The van der Waals surface area contributed by atoms with Gasteiger partial charge in [0, 0.05) is 19.2 Å². The lowest BCUT2D eigenvalue weighted by Gasteiger charge is -2.22. The highest BCUT2D eigenvalue weighted by molar-refractivity contribution is 7.89. The fraction of sp³-hybridized carbons (Fsp3) is 0.538. The summed E-state index contributed by atoms with van der Waals surface area (Å²) in [5, 5.41) is 0. The van der Waals surface area contributed by atoms with E-state index in [1.165, 1.54) is 11.2 Å². The van der Waals surface area contributed by atoms with Gasteiger partial charge in [-0.1, -0.05) is 6.92 Å². The van der Waals surface area contributed by atoms with Gasteiger partial charge in [-0.05, 0) is 36.9 Å². The van der Waals surface area contributed by atoms with Crippen LogP contribution in [0.25, 0.3) is 0 Å². The monoisotopic (exact) mass is 304 g/mol. The Balaban J connectivity index is 2.40. The molecule has 1 atom stereocenters. The van der Waals surface area contributed by atoms with Crippen molar-refractivity contribution in [3.63, 3.8) is 0 Å². The number of aryl methyl sites for hydroxylation is 1. The average Bonchev–Trinajstić information content (AvgIpc) is 2.78. The number of rotatable bonds is 3. The summed E-state index contributed by atoms with van der Waals surface area (Å²) in [4.78, 5) is -0.474. The minimum atomic E-state index is -3.95. The normalized spacial score (nSPS) is 24.2. The molecule has 0 spiro atoms. The molecule has 2 rings (SSSR count). The molecule has 1 heterocycles. The van der Waals surface area contributed by atoms with E-state index in [2.05, 4.69) is 0 Å². The Morgan fingerprint density at radius 3 is 2.55 bits per heavy atom. The van der Waals surface area contributed by atoms with Gasteiger partial charge in [0.25, 0.3) is 0 Å². The number of nitrogens with zero attached hydrogens (tertiary/aromatic N) is 1. The molecule has 0 saturated carbocycles. The van der Waals surface area contributed by atoms with E-state index in [4.69, 9.17) is 5.73 Å². The third-order valence-electron chi connectivity index (χ3n) is 3.85. The Labute approximate surface area is 117 Å². The number of hydrogen-bond donors (Lipinski definition) is 1. The van der Waals surface area contributed by atoms with E-state index >= 15 is 0 Å². The van der Waals surface area contributed by atoms with Crippen molar-refractivity contribution < 1.29 is 17.2 Å². The molecule has 112 valence electrons. The highest BCUT2D eigenvalue weighted by Gasteiger charge is 2.40. The number of nitrogens with two attached hydrogens (primary N) is 1. The Bertz CT molecular complexity index is 634. The van der Waals surface area contributed by atoms with Crippen LogP contribution in [0.4, 0.5) is 8.78 Å². The van der Waals surface area contributed by atoms with Crippen LogP contribution in [0, 0.1) is 24.0 Å². The molecule has 2 N–H and O–H groups in total. The standard InChI is InChI=1S/C13H18F2N2O2S/c1-9-5-12(11(15)6-10(9)14)20(18,19)17-4-3-13(2,7-16)8-17/h5-6H,3-4,7-8,16H2,1-2H3. The van der Waals surface area contributed by atoms with Crippen molar-refractivity contribution in [1.82, 2.24) is 4.31 Å². The van der Waals surface area contributed by atoms with E-state index in [1.54, 1.807) is 0 Å². The molecule has 1 fully saturated rings. The predicted octanol–water partition coefficient (Wildman–Crippen LogP) is 1.63. The van der Waals surface area contributed by atoms with Crippen molar-refractivity contribution in [3.8, 4) is 0 Å². The average molecular weight is 304 g/mol. The molecular formula is C13H18F2N2O2S. The van der Waals surface area contributed by atoms with Crippen LogP contribution >= 0.6 is 0 Å². The molecule has 0 bridgehead atoms. The highest BCUT2D eigenvalue weighted by Crippen LogP contribution is 2.33. The van der Waals surface area contributed by atoms with Crippen LogP contribution in [0.1, 0.15) is 18.9 Å². The quantitative estimate of drug-likeness (QED) is 0.923. The Morgan fingerprint density at radius 1 is 1.35 bits per heavy atom. The fourth-order valence-electron chi connectivity index (χ4n) is 2.32. The molecule has 1 aliphatic heterocycles. The number of hydrogen-bond acceptors (Lipinski definition) is 3. The first-order chi connectivity index (χ1) is 9.19. The summed E-state index contributed by atoms with van der Waals surface area (Å²) < 4.78 is 53.1. The van der Waals surface area contributed by atoms with Crippen molar-refractivity contribution in [2.45, 2.75) is 25.2 Å². The van der Waals surface area contributed by atoms with Gasteiger partial charge in [0.15, 0.2) is 0 Å². The molecular weight excluding hydrogens is 286 g/mol. The zero-order valence-corrected chi connectivity index (χ0v) is 12.3. The minimum Gasteiger partial charge on any atom is -0.330 e. The van der Waals surface area contributed by atoms with Gasteiger partial charge in [0.05, 0.1) is 0 Å². The van der Waals surface area contributed by atoms with Gasteiger partial charge >= 0.3 is 0 Å². The van der Waals surface area contributed by atoms with Crippen LogP contribution in [0.2, 0.25) is 0 Å². The fourth-order valence-corrected chi connectivity index (χ4v) is 4.04. The van der Waals surface area contributed by atoms with E-state index in [0.717, 1.165) is 6.07 Å². The predicted molar refractivity (Wildman–Crippen MR) is 71.6 cm³/mol. The summed E-state index contributed by atoms with van der Waals surface area (Å²) in [6, 6.07) is 1.65. The summed E-state index contributed by atoms with van der Waals surface area (Å²) in [6.07, 6.45) is 0.629. The number of halogens is 2. The number of sulfonamides is 1. The second-order valence-electron chi connectivity index (χ2n) is 5.64. The molecule has 0 radical (unpaired) electrons. The third kappa shape index (κ3) is 2.57. The van der Waals surface area contributed by atoms with Crippen LogP contribution in [0.3, 0.4) is 0 Å². The molecule has 1 saturated heterocycles. The maximum atomic E-state index is 13.8. The lowest BCUT2D eigenvalue weighted by atomic mass is 9.90.